The van der Waals surface area contributed by atoms with Gasteiger partial charge in [0.05, 0.1) is 16.8 Å². The van der Waals surface area contributed by atoms with E-state index >= 15 is 0 Å². The molecule has 3 fully saturated rings. The molecule has 4 rings (SSSR count). The summed E-state index contributed by atoms with van der Waals surface area (Å²) >= 11 is 7.19. The molecule has 0 unspecified atom stereocenters. The van der Waals surface area contributed by atoms with Crippen LogP contribution in [0.5, 0.6) is 0 Å². The Bertz CT molecular complexity index is 815. The van der Waals surface area contributed by atoms with Gasteiger partial charge in [-0.1, -0.05) is 37.9 Å². The monoisotopic (exact) mass is 485 g/mol. The lowest BCUT2D eigenvalue weighted by molar-refractivity contribution is -0.384. The average Bonchev–Trinajstić information content (AvgIpc) is 3.22. The Kier molecular flexibility index (Phi) is 4.14. The molecular weight excluding hydrogens is 474 g/mol. The normalized spacial score (nSPS) is 34.9. The van der Waals surface area contributed by atoms with Crippen molar-refractivity contribution in [1.29, 1.82) is 0 Å². The lowest BCUT2D eigenvalue weighted by atomic mass is 9.81. The quantitative estimate of drug-likeness (QED) is 0.304. The molecular formula is C16H13Br2N3O5. The van der Waals surface area contributed by atoms with Gasteiger partial charge in [0, 0.05) is 27.4 Å². The van der Waals surface area contributed by atoms with E-state index in [0.29, 0.717) is 0 Å². The third-order valence-electron chi connectivity index (χ3n) is 5.52. The van der Waals surface area contributed by atoms with Crippen molar-refractivity contribution < 1.29 is 19.3 Å². The summed E-state index contributed by atoms with van der Waals surface area (Å²) in [4.78, 5) is 48.3. The van der Waals surface area contributed by atoms with Crippen LogP contribution in [0.3, 0.4) is 0 Å². The van der Waals surface area contributed by atoms with Gasteiger partial charge in [-0.3, -0.25) is 29.9 Å². The van der Waals surface area contributed by atoms with E-state index in [1.54, 1.807) is 0 Å². The predicted octanol–water partition coefficient (Wildman–Crippen LogP) is 2.02. The number of nitrogens with one attached hydrogen (secondary N) is 1. The maximum absolute atomic E-state index is 12.7. The number of alkyl halides is 2. The van der Waals surface area contributed by atoms with Gasteiger partial charge >= 0.3 is 0 Å². The highest BCUT2D eigenvalue weighted by atomic mass is 79.9. The minimum Gasteiger partial charge on any atom is -0.272 e. The van der Waals surface area contributed by atoms with Crippen LogP contribution in [0.4, 0.5) is 5.69 Å². The van der Waals surface area contributed by atoms with E-state index < -0.39 is 34.5 Å². The maximum atomic E-state index is 12.7. The molecule has 3 amide bonds. The number of amides is 3. The molecule has 0 spiro atoms. The predicted molar refractivity (Wildman–Crippen MR) is 96.4 cm³/mol. The van der Waals surface area contributed by atoms with Crippen molar-refractivity contribution in [1.82, 2.24) is 10.4 Å². The second-order valence-corrected chi connectivity index (χ2v) is 8.88. The van der Waals surface area contributed by atoms with Crippen LogP contribution in [0.1, 0.15) is 16.8 Å². The topological polar surface area (TPSA) is 110 Å². The fourth-order valence-corrected chi connectivity index (χ4v) is 6.26. The van der Waals surface area contributed by atoms with E-state index in [9.17, 15) is 24.5 Å². The highest BCUT2D eigenvalue weighted by molar-refractivity contribution is 9.12. The summed E-state index contributed by atoms with van der Waals surface area (Å²) in [5.74, 6) is -2.32. The molecule has 2 saturated carbocycles. The SMILES string of the molecule is O=C(NN1C(=O)[C@@H]2[C@H]3C[C@@H]([C@H](Br)[C@H]3Br)[C@H]2C1=O)c1cccc([N+](=O)[O-])c1. The smallest absolute Gasteiger partial charge is 0.270 e. The zero-order valence-corrected chi connectivity index (χ0v) is 16.3. The Hall–Kier alpha value is -1.81. The Balaban J connectivity index is 1.56. The number of carbonyl (C=O) groups is 3. The molecule has 1 heterocycles. The van der Waals surface area contributed by atoms with Gasteiger partial charge in [-0.2, -0.15) is 5.01 Å². The zero-order chi connectivity index (χ0) is 18.7. The molecule has 1 aliphatic heterocycles. The second kappa shape index (κ2) is 6.12. The van der Waals surface area contributed by atoms with Crippen molar-refractivity contribution >= 4 is 55.3 Å². The van der Waals surface area contributed by atoms with E-state index in [2.05, 4.69) is 37.3 Å². The molecule has 1 aromatic carbocycles. The fraction of sp³-hybridized carbons (Fsp3) is 0.438. The Morgan fingerprint density at radius 1 is 1.15 bits per heavy atom. The highest BCUT2D eigenvalue weighted by Crippen LogP contribution is 2.59. The summed E-state index contributed by atoms with van der Waals surface area (Å²) < 4.78 is 0. The van der Waals surface area contributed by atoms with E-state index in [1.807, 2.05) is 0 Å². The Labute approximate surface area is 164 Å². The molecule has 3 aliphatic rings. The summed E-state index contributed by atoms with van der Waals surface area (Å²) in [6, 6.07) is 5.13. The number of imide groups is 1. The highest BCUT2D eigenvalue weighted by Gasteiger charge is 2.66. The van der Waals surface area contributed by atoms with Gasteiger partial charge < -0.3 is 0 Å². The third kappa shape index (κ3) is 2.42. The van der Waals surface area contributed by atoms with E-state index in [-0.39, 0.29) is 32.7 Å². The summed E-state index contributed by atoms with van der Waals surface area (Å²) in [6.07, 6.45) is 0.797. The van der Waals surface area contributed by atoms with Crippen LogP contribution in [0.25, 0.3) is 0 Å². The van der Waals surface area contributed by atoms with Crippen LogP contribution >= 0.6 is 31.9 Å². The van der Waals surface area contributed by atoms with Crippen molar-refractivity contribution in [3.05, 3.63) is 39.9 Å². The number of benzene rings is 1. The number of halogens is 2. The molecule has 1 N–H and O–H groups in total. The molecule has 6 atom stereocenters. The maximum Gasteiger partial charge on any atom is 0.270 e. The number of hydrogen-bond donors (Lipinski definition) is 1. The molecule has 10 heteroatoms. The van der Waals surface area contributed by atoms with Gasteiger partial charge in [-0.05, 0) is 24.3 Å². The third-order valence-corrected chi connectivity index (χ3v) is 8.73. The number of hydrogen-bond acceptors (Lipinski definition) is 5. The van der Waals surface area contributed by atoms with Crippen LogP contribution < -0.4 is 5.43 Å². The average molecular weight is 487 g/mol. The molecule has 0 aromatic heterocycles. The molecule has 2 aliphatic carbocycles. The number of carbonyl (C=O) groups excluding carboxylic acids is 3. The fourth-order valence-electron chi connectivity index (χ4n) is 4.39. The molecule has 2 bridgehead atoms. The molecule has 1 saturated heterocycles. The van der Waals surface area contributed by atoms with Crippen LogP contribution in [0.15, 0.2) is 24.3 Å². The first-order chi connectivity index (χ1) is 12.3. The molecule has 1 aromatic rings. The van der Waals surface area contributed by atoms with Crippen molar-refractivity contribution in [2.45, 2.75) is 16.1 Å². The van der Waals surface area contributed by atoms with Gasteiger partial charge in [-0.25, -0.2) is 0 Å². The summed E-state index contributed by atoms with van der Waals surface area (Å²) in [6.45, 7) is 0. The molecule has 0 radical (unpaired) electrons. The summed E-state index contributed by atoms with van der Waals surface area (Å²) in [5.41, 5.74) is 2.10. The van der Waals surface area contributed by atoms with Gasteiger partial charge in [0.15, 0.2) is 0 Å². The first-order valence-electron chi connectivity index (χ1n) is 8.02. The van der Waals surface area contributed by atoms with Crippen molar-refractivity contribution in [3.63, 3.8) is 0 Å². The van der Waals surface area contributed by atoms with Crippen LogP contribution in [-0.2, 0) is 9.59 Å². The lowest BCUT2D eigenvalue weighted by Gasteiger charge is -2.28. The minimum absolute atomic E-state index is 0.0107. The minimum atomic E-state index is -0.728. The Morgan fingerprint density at radius 2 is 1.73 bits per heavy atom. The van der Waals surface area contributed by atoms with E-state index in [1.165, 1.54) is 18.2 Å². The number of nitrogens with zero attached hydrogens (tertiary/aromatic N) is 2. The van der Waals surface area contributed by atoms with Crippen molar-refractivity contribution in [3.8, 4) is 0 Å². The first kappa shape index (κ1) is 17.6. The molecule has 26 heavy (non-hydrogen) atoms. The van der Waals surface area contributed by atoms with Gasteiger partial charge in [0.2, 0.25) is 0 Å². The second-order valence-electron chi connectivity index (χ2n) is 6.76. The largest absolute Gasteiger partial charge is 0.272 e. The summed E-state index contributed by atoms with van der Waals surface area (Å²) in [7, 11) is 0. The van der Waals surface area contributed by atoms with Crippen LogP contribution in [0.2, 0.25) is 0 Å². The molecule has 8 nitrogen and oxygen atoms in total. The number of fused-ring (bicyclic) bond motifs is 5. The molecule has 136 valence electrons. The summed E-state index contributed by atoms with van der Waals surface area (Å²) in [5, 5.41) is 11.6. The number of non-ortho nitro benzene ring substituents is 1. The van der Waals surface area contributed by atoms with Gasteiger partial charge in [0.1, 0.15) is 0 Å². The zero-order valence-electron chi connectivity index (χ0n) is 13.2. The van der Waals surface area contributed by atoms with E-state index in [4.69, 9.17) is 0 Å². The van der Waals surface area contributed by atoms with Crippen molar-refractivity contribution in [2.24, 2.45) is 23.7 Å². The number of nitro groups is 1. The lowest BCUT2D eigenvalue weighted by Crippen LogP contribution is -2.47. The van der Waals surface area contributed by atoms with Crippen LogP contribution in [-0.4, -0.2) is 37.3 Å². The van der Waals surface area contributed by atoms with Gasteiger partial charge in [-0.15, -0.1) is 0 Å². The van der Waals surface area contributed by atoms with Crippen molar-refractivity contribution in [2.75, 3.05) is 0 Å². The number of rotatable bonds is 3. The standard InChI is InChI=1S/C16H13Br2N3O5/c17-12-8-5-9(13(12)18)11-10(8)15(23)20(16(11)24)19-14(22)6-2-1-3-7(4-6)21(25)26/h1-4,8-13H,5H2,(H,19,22)/t8-,9-,10-,11-,12+,13+/m1/s1. The number of nitro benzene ring substituents is 1. The van der Waals surface area contributed by atoms with Gasteiger partial charge in [0.25, 0.3) is 23.4 Å². The Morgan fingerprint density at radius 3 is 2.27 bits per heavy atom. The first-order valence-corrected chi connectivity index (χ1v) is 9.85. The van der Waals surface area contributed by atoms with E-state index in [0.717, 1.165) is 17.5 Å². The van der Waals surface area contributed by atoms with Crippen LogP contribution in [0, 0.1) is 33.8 Å². The number of hydrazine groups is 1.